The summed E-state index contributed by atoms with van der Waals surface area (Å²) in [6.45, 7) is 0. The summed E-state index contributed by atoms with van der Waals surface area (Å²) >= 11 is 0. The molecule has 0 fully saturated rings. The molecular weight excluding hydrogens is 253 g/mol. The first-order valence-electron chi connectivity index (χ1n) is 4.90. The molecule has 19 heavy (non-hydrogen) atoms. The minimum Gasteiger partial charge on any atom is -0.286 e. The predicted octanol–water partition coefficient (Wildman–Crippen LogP) is 1.66. The minimum absolute atomic E-state index is 0.0869. The van der Waals surface area contributed by atoms with Gasteiger partial charge in [-0.25, -0.2) is 9.37 Å². The van der Waals surface area contributed by atoms with Crippen LogP contribution in [-0.2, 0) is 0 Å². The normalized spacial score (nSPS) is 9.63. The van der Waals surface area contributed by atoms with E-state index < -0.39 is 16.4 Å². The number of nitrogens with zero attached hydrogens (tertiary/aromatic N) is 5. The second kappa shape index (κ2) is 4.55. The van der Waals surface area contributed by atoms with Crippen molar-refractivity contribution in [2.75, 3.05) is 0 Å². The van der Waals surface area contributed by atoms with E-state index >= 15 is 0 Å². The summed E-state index contributed by atoms with van der Waals surface area (Å²) in [7, 11) is 0. The van der Waals surface area contributed by atoms with Crippen LogP contribution >= 0.6 is 0 Å². The van der Waals surface area contributed by atoms with Gasteiger partial charge in [0.25, 0.3) is 5.69 Å². The van der Waals surface area contributed by atoms with E-state index in [1.165, 1.54) is 0 Å². The van der Waals surface area contributed by atoms with Crippen molar-refractivity contribution in [2.24, 2.45) is 0 Å². The molecule has 0 amide bonds. The Morgan fingerprint density at radius 1 is 1.37 bits per heavy atom. The van der Waals surface area contributed by atoms with E-state index in [1.54, 1.807) is 12.1 Å². The van der Waals surface area contributed by atoms with Crippen LogP contribution in [0, 0.1) is 38.6 Å². The van der Waals surface area contributed by atoms with Gasteiger partial charge in [-0.05, 0) is 6.07 Å². The molecule has 0 spiro atoms. The van der Waals surface area contributed by atoms with E-state index in [0.717, 1.165) is 29.1 Å². The monoisotopic (exact) mass is 257 g/mol. The molecule has 0 bridgehead atoms. The molecule has 2 aromatic rings. The fourth-order valence-corrected chi connectivity index (χ4v) is 1.52. The van der Waals surface area contributed by atoms with E-state index in [1.807, 2.05) is 0 Å². The van der Waals surface area contributed by atoms with E-state index in [2.05, 4.69) is 4.98 Å². The second-order valence-corrected chi connectivity index (χ2v) is 3.43. The number of nitriles is 2. The zero-order valence-electron chi connectivity index (χ0n) is 9.24. The lowest BCUT2D eigenvalue weighted by molar-refractivity contribution is -0.385. The number of benzene rings is 1. The molecule has 0 aliphatic rings. The van der Waals surface area contributed by atoms with Gasteiger partial charge in [0, 0.05) is 6.07 Å². The van der Waals surface area contributed by atoms with Gasteiger partial charge in [0.05, 0.1) is 16.7 Å². The molecule has 92 valence electrons. The van der Waals surface area contributed by atoms with Gasteiger partial charge in [0.1, 0.15) is 18.5 Å². The molecule has 1 aromatic heterocycles. The highest BCUT2D eigenvalue weighted by Crippen LogP contribution is 2.21. The van der Waals surface area contributed by atoms with Gasteiger partial charge >= 0.3 is 0 Å². The molecule has 0 N–H and O–H groups in total. The number of hydrogen-bond donors (Lipinski definition) is 0. The third kappa shape index (κ3) is 1.98. The molecule has 7 nitrogen and oxygen atoms in total. The largest absolute Gasteiger partial charge is 0.286 e. The van der Waals surface area contributed by atoms with Gasteiger partial charge in [0.2, 0.25) is 0 Å². The highest BCUT2D eigenvalue weighted by Gasteiger charge is 2.17. The standard InChI is InChI=1S/C11H4FN5O2/c12-8-3-7(17(18)19)1-2-10(8)16-6-15-9(4-13)11(16)5-14/h1-3,6H. The van der Waals surface area contributed by atoms with Crippen LogP contribution in [0.1, 0.15) is 11.4 Å². The maximum Gasteiger partial charge on any atom is 0.272 e. The SMILES string of the molecule is N#Cc1ncn(-c2ccc([N+](=O)[O-])cc2F)c1C#N. The quantitative estimate of drug-likeness (QED) is 0.600. The van der Waals surface area contributed by atoms with Crippen LogP contribution in [0.2, 0.25) is 0 Å². The molecule has 1 aromatic carbocycles. The lowest BCUT2D eigenvalue weighted by Gasteiger charge is -2.04. The zero-order chi connectivity index (χ0) is 14.0. The molecule has 2 rings (SSSR count). The number of rotatable bonds is 2. The Morgan fingerprint density at radius 2 is 2.11 bits per heavy atom. The van der Waals surface area contributed by atoms with Crippen LogP contribution in [0.25, 0.3) is 5.69 Å². The Kier molecular flexibility index (Phi) is 2.92. The maximum atomic E-state index is 13.8. The van der Waals surface area contributed by atoms with Crippen molar-refractivity contribution in [1.82, 2.24) is 9.55 Å². The van der Waals surface area contributed by atoms with Gasteiger partial charge in [-0.1, -0.05) is 0 Å². The van der Waals surface area contributed by atoms with E-state index in [9.17, 15) is 14.5 Å². The third-order valence-corrected chi connectivity index (χ3v) is 2.38. The molecule has 0 saturated heterocycles. The summed E-state index contributed by atoms with van der Waals surface area (Å²) < 4.78 is 14.8. The molecule has 0 atom stereocenters. The van der Waals surface area contributed by atoms with Crippen molar-refractivity contribution in [1.29, 1.82) is 10.5 Å². The van der Waals surface area contributed by atoms with Gasteiger partial charge < -0.3 is 0 Å². The first-order chi connectivity index (χ1) is 9.08. The number of non-ortho nitro benzene ring substituents is 1. The van der Waals surface area contributed by atoms with Crippen LogP contribution in [0.4, 0.5) is 10.1 Å². The van der Waals surface area contributed by atoms with Crippen LogP contribution in [0.3, 0.4) is 0 Å². The second-order valence-electron chi connectivity index (χ2n) is 3.43. The van der Waals surface area contributed by atoms with Crippen LogP contribution in [0.5, 0.6) is 0 Å². The highest BCUT2D eigenvalue weighted by atomic mass is 19.1. The predicted molar refractivity (Wildman–Crippen MR) is 59.6 cm³/mol. The lowest BCUT2D eigenvalue weighted by Crippen LogP contribution is -2.01. The van der Waals surface area contributed by atoms with Gasteiger partial charge in [-0.3, -0.25) is 14.7 Å². The Balaban J connectivity index is 2.61. The molecule has 0 saturated carbocycles. The number of nitro groups is 1. The van der Waals surface area contributed by atoms with Gasteiger partial charge in [0.15, 0.2) is 17.2 Å². The topological polar surface area (TPSA) is 109 Å². The van der Waals surface area contributed by atoms with E-state index in [-0.39, 0.29) is 17.1 Å². The molecule has 0 aliphatic heterocycles. The average Bonchev–Trinajstić information content (AvgIpc) is 2.80. The molecule has 0 aliphatic carbocycles. The summed E-state index contributed by atoms with van der Waals surface area (Å²) in [5.74, 6) is -0.882. The van der Waals surface area contributed by atoms with Crippen molar-refractivity contribution in [3.8, 4) is 17.8 Å². The number of halogens is 1. The Labute approximate surface area is 105 Å². The summed E-state index contributed by atoms with van der Waals surface area (Å²) in [6, 6.07) is 6.43. The van der Waals surface area contributed by atoms with E-state index in [0.29, 0.717) is 0 Å². The Hall–Kier alpha value is -3.26. The number of imidazole rings is 1. The van der Waals surface area contributed by atoms with Crippen molar-refractivity contribution < 1.29 is 9.31 Å². The molecule has 0 radical (unpaired) electrons. The molecule has 1 heterocycles. The highest BCUT2D eigenvalue weighted by molar-refractivity contribution is 5.48. The zero-order valence-corrected chi connectivity index (χ0v) is 9.24. The average molecular weight is 257 g/mol. The maximum absolute atomic E-state index is 13.8. The summed E-state index contributed by atoms with van der Waals surface area (Å²) in [4.78, 5) is 13.4. The van der Waals surface area contributed by atoms with Crippen molar-refractivity contribution in [3.63, 3.8) is 0 Å². The molecule has 8 heteroatoms. The minimum atomic E-state index is -0.882. The van der Waals surface area contributed by atoms with E-state index in [4.69, 9.17) is 10.5 Å². The summed E-state index contributed by atoms with van der Waals surface area (Å²) in [5.41, 5.74) is -0.757. The number of nitro benzene ring substituents is 1. The summed E-state index contributed by atoms with van der Waals surface area (Å²) in [5, 5.41) is 28.2. The molecular formula is C11H4FN5O2. The first-order valence-corrected chi connectivity index (χ1v) is 4.90. The number of hydrogen-bond acceptors (Lipinski definition) is 5. The number of aromatic nitrogens is 2. The molecule has 0 unspecified atom stereocenters. The Bertz CT molecular complexity index is 753. The van der Waals surface area contributed by atoms with Crippen molar-refractivity contribution in [2.45, 2.75) is 0 Å². The first kappa shape index (κ1) is 12.2. The third-order valence-electron chi connectivity index (χ3n) is 2.38. The van der Waals surface area contributed by atoms with Crippen molar-refractivity contribution >= 4 is 5.69 Å². The van der Waals surface area contributed by atoms with Crippen LogP contribution in [0.15, 0.2) is 24.5 Å². The smallest absolute Gasteiger partial charge is 0.272 e. The van der Waals surface area contributed by atoms with Gasteiger partial charge in [-0.2, -0.15) is 10.5 Å². The van der Waals surface area contributed by atoms with Gasteiger partial charge in [-0.15, -0.1) is 0 Å². The van der Waals surface area contributed by atoms with Crippen LogP contribution in [-0.4, -0.2) is 14.5 Å². The summed E-state index contributed by atoms with van der Waals surface area (Å²) in [6.07, 6.45) is 1.11. The Morgan fingerprint density at radius 3 is 2.63 bits per heavy atom. The fraction of sp³-hybridized carbons (Fsp3) is 0. The van der Waals surface area contributed by atoms with Crippen molar-refractivity contribution in [3.05, 3.63) is 51.8 Å². The lowest BCUT2D eigenvalue weighted by atomic mass is 10.2. The fourth-order valence-electron chi connectivity index (χ4n) is 1.52. The van der Waals surface area contributed by atoms with Crippen LogP contribution < -0.4 is 0 Å².